The second-order valence-corrected chi connectivity index (χ2v) is 4.78. The fraction of sp³-hybridized carbons (Fsp3) is 0.778. The van der Waals surface area contributed by atoms with Gasteiger partial charge in [0.25, 0.3) is 0 Å². The van der Waals surface area contributed by atoms with Crippen molar-refractivity contribution in [2.45, 2.75) is 33.3 Å². The van der Waals surface area contributed by atoms with Gasteiger partial charge in [0, 0.05) is 12.0 Å². The summed E-state index contributed by atoms with van der Waals surface area (Å²) < 4.78 is 0. The zero-order valence-electron chi connectivity index (χ0n) is 9.58. The Morgan fingerprint density at radius 3 is 2.60 bits per heavy atom. The quantitative estimate of drug-likeness (QED) is 0.404. The number of nitrogens with zero attached hydrogens (tertiary/aromatic N) is 3. The standard InChI is InChI=1S/C9H18ClN5/c1-5-12-8-13-6(9(2,3)4)15(11)7(10)14-8/h7H,5,11H2,1-4H3,(H,12,14). The van der Waals surface area contributed by atoms with Crippen LogP contribution in [-0.4, -0.2) is 29.0 Å². The van der Waals surface area contributed by atoms with E-state index in [1.165, 1.54) is 5.01 Å². The highest BCUT2D eigenvalue weighted by Crippen LogP contribution is 2.22. The van der Waals surface area contributed by atoms with Gasteiger partial charge in [0.2, 0.25) is 11.6 Å². The Hall–Kier alpha value is -0.810. The van der Waals surface area contributed by atoms with E-state index < -0.39 is 5.62 Å². The lowest BCUT2D eigenvalue weighted by Crippen LogP contribution is -2.51. The van der Waals surface area contributed by atoms with Crippen molar-refractivity contribution in [2.24, 2.45) is 21.2 Å². The minimum Gasteiger partial charge on any atom is -0.355 e. The first-order chi connectivity index (χ1) is 6.86. The normalized spacial score (nSPS) is 22.3. The Kier molecular flexibility index (Phi) is 3.57. The van der Waals surface area contributed by atoms with E-state index in [0.29, 0.717) is 5.96 Å². The van der Waals surface area contributed by atoms with Crippen molar-refractivity contribution in [3.63, 3.8) is 0 Å². The maximum atomic E-state index is 5.99. The van der Waals surface area contributed by atoms with Gasteiger partial charge in [0.15, 0.2) is 0 Å². The number of amidine groups is 1. The summed E-state index contributed by atoms with van der Waals surface area (Å²) in [5, 5.41) is 4.42. The molecule has 0 spiro atoms. The molecule has 5 nitrogen and oxygen atoms in total. The predicted molar refractivity (Wildman–Crippen MR) is 63.7 cm³/mol. The van der Waals surface area contributed by atoms with Gasteiger partial charge in [0.1, 0.15) is 5.84 Å². The molecule has 3 N–H and O–H groups in total. The molecular formula is C9H18ClN5. The second kappa shape index (κ2) is 4.37. The van der Waals surface area contributed by atoms with E-state index >= 15 is 0 Å². The highest BCUT2D eigenvalue weighted by molar-refractivity contribution is 6.22. The molecule has 0 aromatic rings. The number of guanidine groups is 1. The van der Waals surface area contributed by atoms with Crippen LogP contribution in [0, 0.1) is 5.41 Å². The molecule has 1 aliphatic rings. The van der Waals surface area contributed by atoms with Gasteiger partial charge in [-0.2, -0.15) is 4.99 Å². The van der Waals surface area contributed by atoms with Crippen molar-refractivity contribution in [2.75, 3.05) is 6.54 Å². The van der Waals surface area contributed by atoms with Gasteiger partial charge in [-0.1, -0.05) is 32.4 Å². The van der Waals surface area contributed by atoms with Crippen molar-refractivity contribution in [3.05, 3.63) is 0 Å². The van der Waals surface area contributed by atoms with Crippen molar-refractivity contribution in [3.8, 4) is 0 Å². The molecule has 0 aromatic heterocycles. The number of alkyl halides is 1. The van der Waals surface area contributed by atoms with Gasteiger partial charge in [-0.3, -0.25) is 5.01 Å². The number of aliphatic imine (C=N–C) groups is 2. The fourth-order valence-corrected chi connectivity index (χ4v) is 1.43. The molecule has 1 rings (SSSR count). The molecule has 0 radical (unpaired) electrons. The summed E-state index contributed by atoms with van der Waals surface area (Å²) in [7, 11) is 0. The van der Waals surface area contributed by atoms with Gasteiger partial charge in [-0.15, -0.1) is 0 Å². The number of rotatable bonds is 1. The molecule has 0 aliphatic carbocycles. The Labute approximate surface area is 95.4 Å². The molecule has 1 unspecified atom stereocenters. The van der Waals surface area contributed by atoms with Crippen LogP contribution in [0.1, 0.15) is 27.7 Å². The van der Waals surface area contributed by atoms with Crippen LogP contribution in [0.25, 0.3) is 0 Å². The van der Waals surface area contributed by atoms with E-state index in [1.54, 1.807) is 0 Å². The van der Waals surface area contributed by atoms with Crippen LogP contribution in [0.5, 0.6) is 0 Å². The average Bonchev–Trinajstić information content (AvgIpc) is 2.09. The third-order valence-electron chi connectivity index (χ3n) is 1.92. The molecule has 0 bridgehead atoms. The zero-order chi connectivity index (χ0) is 11.6. The number of nitrogens with two attached hydrogens (primary N) is 1. The van der Waals surface area contributed by atoms with Crippen LogP contribution in [0.2, 0.25) is 0 Å². The first-order valence-corrected chi connectivity index (χ1v) is 5.38. The highest BCUT2D eigenvalue weighted by Gasteiger charge is 2.30. The first kappa shape index (κ1) is 12.3. The van der Waals surface area contributed by atoms with Gasteiger partial charge in [0.05, 0.1) is 0 Å². The van der Waals surface area contributed by atoms with Gasteiger partial charge in [-0.05, 0) is 6.92 Å². The molecule has 6 heteroatoms. The summed E-state index contributed by atoms with van der Waals surface area (Å²) in [5.74, 6) is 7.08. The average molecular weight is 232 g/mol. The molecule has 0 amide bonds. The molecule has 0 saturated carbocycles. The largest absolute Gasteiger partial charge is 0.355 e. The topological polar surface area (TPSA) is 66.0 Å². The van der Waals surface area contributed by atoms with Gasteiger partial charge < -0.3 is 5.32 Å². The third-order valence-corrected chi connectivity index (χ3v) is 2.23. The van der Waals surface area contributed by atoms with Crippen LogP contribution in [0.4, 0.5) is 0 Å². The van der Waals surface area contributed by atoms with Crippen LogP contribution in [0.3, 0.4) is 0 Å². The van der Waals surface area contributed by atoms with Gasteiger partial charge in [-0.25, -0.2) is 10.8 Å². The highest BCUT2D eigenvalue weighted by atomic mass is 35.5. The summed E-state index contributed by atoms with van der Waals surface area (Å²) in [4.78, 5) is 8.45. The summed E-state index contributed by atoms with van der Waals surface area (Å²) in [6.07, 6.45) is 0. The molecular weight excluding hydrogens is 214 g/mol. The maximum Gasteiger partial charge on any atom is 0.222 e. The summed E-state index contributed by atoms with van der Waals surface area (Å²) >= 11 is 5.99. The van der Waals surface area contributed by atoms with Crippen LogP contribution >= 0.6 is 11.6 Å². The summed E-state index contributed by atoms with van der Waals surface area (Å²) in [5.41, 5.74) is -0.746. The van der Waals surface area contributed by atoms with Crippen LogP contribution in [0.15, 0.2) is 9.98 Å². The lowest BCUT2D eigenvalue weighted by molar-refractivity contribution is 0.357. The van der Waals surface area contributed by atoms with E-state index in [-0.39, 0.29) is 5.41 Å². The molecule has 0 saturated heterocycles. The molecule has 0 aromatic carbocycles. The number of halogens is 1. The minimum absolute atomic E-state index is 0.154. The van der Waals surface area contributed by atoms with Gasteiger partial charge >= 0.3 is 0 Å². The number of hydrogen-bond donors (Lipinski definition) is 2. The molecule has 86 valence electrons. The monoisotopic (exact) mass is 231 g/mol. The minimum atomic E-state index is -0.592. The lowest BCUT2D eigenvalue weighted by Gasteiger charge is -2.34. The Bertz CT molecular complexity index is 291. The van der Waals surface area contributed by atoms with Crippen LogP contribution in [-0.2, 0) is 0 Å². The van der Waals surface area contributed by atoms with Crippen molar-refractivity contribution < 1.29 is 0 Å². The summed E-state index contributed by atoms with van der Waals surface area (Å²) in [6, 6.07) is 0. The van der Waals surface area contributed by atoms with E-state index in [2.05, 4.69) is 15.3 Å². The molecule has 0 fully saturated rings. The SMILES string of the molecule is CCNC1=NC(Cl)N(N)C(C(C)(C)C)=N1. The Morgan fingerprint density at radius 2 is 2.13 bits per heavy atom. The number of hydrazine groups is 1. The lowest BCUT2D eigenvalue weighted by atomic mass is 9.94. The predicted octanol–water partition coefficient (Wildman–Crippen LogP) is 1.11. The van der Waals surface area contributed by atoms with Crippen molar-refractivity contribution in [1.29, 1.82) is 0 Å². The Morgan fingerprint density at radius 1 is 1.53 bits per heavy atom. The fourth-order valence-electron chi connectivity index (χ4n) is 1.25. The van der Waals surface area contributed by atoms with E-state index in [4.69, 9.17) is 17.4 Å². The van der Waals surface area contributed by atoms with Crippen LogP contribution < -0.4 is 11.2 Å². The molecule has 1 atom stereocenters. The molecule has 15 heavy (non-hydrogen) atoms. The Balaban J connectivity index is 2.98. The first-order valence-electron chi connectivity index (χ1n) is 4.95. The summed E-state index contributed by atoms with van der Waals surface area (Å²) in [6.45, 7) is 8.83. The molecule has 1 aliphatic heterocycles. The maximum absolute atomic E-state index is 5.99. The third kappa shape index (κ3) is 2.82. The molecule has 1 heterocycles. The zero-order valence-corrected chi connectivity index (χ0v) is 10.3. The van der Waals surface area contributed by atoms with E-state index in [1.807, 2.05) is 27.7 Å². The van der Waals surface area contributed by atoms with Crippen molar-refractivity contribution >= 4 is 23.4 Å². The number of hydrogen-bond acceptors (Lipinski definition) is 5. The van der Waals surface area contributed by atoms with Crippen molar-refractivity contribution in [1.82, 2.24) is 10.3 Å². The second-order valence-electron chi connectivity index (χ2n) is 4.39. The smallest absolute Gasteiger partial charge is 0.222 e. The van der Waals surface area contributed by atoms with E-state index in [0.717, 1.165) is 12.4 Å². The van der Waals surface area contributed by atoms with E-state index in [9.17, 15) is 0 Å². The number of nitrogens with one attached hydrogen (secondary N) is 1.